The third-order valence-electron chi connectivity index (χ3n) is 3.91. The molecule has 0 aliphatic heterocycles. The van der Waals surface area contributed by atoms with E-state index in [1.807, 2.05) is 25.2 Å². The quantitative estimate of drug-likeness (QED) is 0.794. The van der Waals surface area contributed by atoms with Crippen LogP contribution in [0.15, 0.2) is 28.8 Å². The highest BCUT2D eigenvalue weighted by atomic mass is 35.5. The van der Waals surface area contributed by atoms with Gasteiger partial charge < -0.3 is 14.6 Å². The van der Waals surface area contributed by atoms with Gasteiger partial charge in [0.1, 0.15) is 5.75 Å². The Morgan fingerprint density at radius 1 is 1.26 bits per heavy atom. The van der Waals surface area contributed by atoms with Crippen molar-refractivity contribution in [3.8, 4) is 5.75 Å². The van der Waals surface area contributed by atoms with Crippen molar-refractivity contribution in [1.29, 1.82) is 0 Å². The fraction of sp³-hybridized carbons (Fsp3) is 0.529. The first kappa shape index (κ1) is 19.5. The maximum absolute atomic E-state index is 5.88. The van der Waals surface area contributed by atoms with Crippen LogP contribution in [0, 0.1) is 0 Å². The molecule has 1 aromatic carbocycles. The van der Waals surface area contributed by atoms with Crippen molar-refractivity contribution in [3.63, 3.8) is 0 Å². The summed E-state index contributed by atoms with van der Waals surface area (Å²) < 4.78 is 11.1. The van der Waals surface area contributed by atoms with E-state index < -0.39 is 0 Å². The second kappa shape index (κ2) is 9.53. The first-order chi connectivity index (χ1) is 10.6. The highest BCUT2D eigenvalue weighted by Crippen LogP contribution is 2.28. The molecule has 2 aromatic rings. The predicted molar refractivity (Wildman–Crippen MR) is 93.3 cm³/mol. The molecule has 0 saturated carbocycles. The van der Waals surface area contributed by atoms with Gasteiger partial charge in [0.15, 0.2) is 12.4 Å². The molecule has 0 aliphatic rings. The lowest BCUT2D eigenvalue weighted by Crippen LogP contribution is -2.24. The van der Waals surface area contributed by atoms with E-state index in [-0.39, 0.29) is 12.4 Å². The highest BCUT2D eigenvalue weighted by molar-refractivity contribution is 5.85. The van der Waals surface area contributed by atoms with Crippen molar-refractivity contribution in [2.24, 2.45) is 0 Å². The van der Waals surface area contributed by atoms with Gasteiger partial charge in [0.05, 0.1) is 0 Å². The van der Waals surface area contributed by atoms with Gasteiger partial charge in [0.25, 0.3) is 5.89 Å². The second-order valence-electron chi connectivity index (χ2n) is 5.63. The van der Waals surface area contributed by atoms with Crippen LogP contribution in [-0.2, 0) is 13.0 Å². The molecular weight excluding hydrogens is 314 g/mol. The smallest absolute Gasteiger partial charge is 0.264 e. The van der Waals surface area contributed by atoms with E-state index in [9.17, 15) is 0 Å². The molecule has 0 radical (unpaired) electrons. The second-order valence-corrected chi connectivity index (χ2v) is 5.63. The van der Waals surface area contributed by atoms with Crippen LogP contribution in [0.2, 0.25) is 0 Å². The van der Waals surface area contributed by atoms with Crippen LogP contribution < -0.4 is 10.1 Å². The monoisotopic (exact) mass is 339 g/mol. The fourth-order valence-corrected chi connectivity index (χ4v) is 2.19. The molecule has 0 aliphatic carbocycles. The lowest BCUT2D eigenvalue weighted by molar-refractivity contribution is 0.239. The molecule has 0 spiro atoms. The Kier molecular flexibility index (Phi) is 8.06. The largest absolute Gasteiger partial charge is 0.483 e. The lowest BCUT2D eigenvalue weighted by Gasteiger charge is -2.14. The number of nitrogens with zero attached hydrogens (tertiary/aromatic N) is 2. The molecule has 5 nitrogen and oxygen atoms in total. The Labute approximate surface area is 144 Å². The van der Waals surface area contributed by atoms with Crippen LogP contribution in [-0.4, -0.2) is 23.2 Å². The molecule has 1 N–H and O–H groups in total. The van der Waals surface area contributed by atoms with Gasteiger partial charge in [-0.2, -0.15) is 4.98 Å². The summed E-state index contributed by atoms with van der Waals surface area (Å²) in [6.07, 6.45) is 1.82. The number of para-hydroxylation sites is 1. The Morgan fingerprint density at radius 3 is 2.70 bits per heavy atom. The number of likely N-dealkylation sites (N-methyl/N-ethyl adjacent to an activating group) is 1. The third kappa shape index (κ3) is 5.52. The van der Waals surface area contributed by atoms with Crippen molar-refractivity contribution in [2.45, 2.75) is 52.2 Å². The van der Waals surface area contributed by atoms with Crippen LogP contribution in [0.5, 0.6) is 5.75 Å². The van der Waals surface area contributed by atoms with Gasteiger partial charge in [-0.05, 0) is 37.9 Å². The Bertz CT molecular complexity index is 589. The van der Waals surface area contributed by atoms with E-state index in [0.29, 0.717) is 30.3 Å². The molecule has 0 fully saturated rings. The van der Waals surface area contributed by atoms with Gasteiger partial charge >= 0.3 is 0 Å². The zero-order valence-electron chi connectivity index (χ0n) is 14.2. The predicted octanol–water partition coefficient (Wildman–Crippen LogP) is 3.73. The zero-order chi connectivity index (χ0) is 15.9. The molecule has 2 rings (SSSR count). The van der Waals surface area contributed by atoms with Crippen molar-refractivity contribution in [2.75, 3.05) is 7.05 Å². The number of halogens is 1. The van der Waals surface area contributed by atoms with Crippen molar-refractivity contribution < 1.29 is 9.26 Å². The maximum atomic E-state index is 5.88. The molecular formula is C17H26ClN3O2. The zero-order valence-corrected chi connectivity index (χ0v) is 15.0. The third-order valence-corrected chi connectivity index (χ3v) is 3.91. The van der Waals surface area contributed by atoms with Crippen LogP contribution in [0.1, 0.15) is 50.4 Å². The van der Waals surface area contributed by atoms with E-state index in [0.717, 1.165) is 18.6 Å². The average Bonchev–Trinajstić information content (AvgIpc) is 2.99. The summed E-state index contributed by atoms with van der Waals surface area (Å²) in [4.78, 5) is 4.37. The van der Waals surface area contributed by atoms with Crippen molar-refractivity contribution >= 4 is 12.4 Å². The highest BCUT2D eigenvalue weighted by Gasteiger charge is 2.13. The van der Waals surface area contributed by atoms with E-state index in [2.05, 4.69) is 42.3 Å². The summed E-state index contributed by atoms with van der Waals surface area (Å²) in [6.45, 7) is 6.75. The summed E-state index contributed by atoms with van der Waals surface area (Å²) >= 11 is 0. The normalized spacial score (nSPS) is 13.2. The van der Waals surface area contributed by atoms with Crippen LogP contribution in [0.4, 0.5) is 0 Å². The lowest BCUT2D eigenvalue weighted by atomic mass is 9.98. The van der Waals surface area contributed by atoms with Gasteiger partial charge in [-0.3, -0.25) is 0 Å². The minimum absolute atomic E-state index is 0. The van der Waals surface area contributed by atoms with Crippen LogP contribution >= 0.6 is 12.4 Å². The van der Waals surface area contributed by atoms with E-state index in [4.69, 9.17) is 9.26 Å². The van der Waals surface area contributed by atoms with E-state index >= 15 is 0 Å². The fourth-order valence-electron chi connectivity index (χ4n) is 2.19. The average molecular weight is 340 g/mol. The van der Waals surface area contributed by atoms with Gasteiger partial charge in [0.2, 0.25) is 0 Å². The molecule has 0 saturated heterocycles. The SMILES string of the molecule is CCC(C)c1ccccc1OCc1nc(CC(C)NC)no1.Cl. The number of nitrogens with one attached hydrogen (secondary N) is 1. The number of aromatic nitrogens is 2. The van der Waals surface area contributed by atoms with Crippen LogP contribution in [0.3, 0.4) is 0 Å². The van der Waals surface area contributed by atoms with Gasteiger partial charge in [-0.25, -0.2) is 0 Å². The van der Waals surface area contributed by atoms with E-state index in [1.54, 1.807) is 0 Å². The van der Waals surface area contributed by atoms with Crippen molar-refractivity contribution in [1.82, 2.24) is 15.5 Å². The molecule has 0 amide bonds. The molecule has 2 atom stereocenters. The first-order valence-corrected chi connectivity index (χ1v) is 7.84. The van der Waals surface area contributed by atoms with E-state index in [1.165, 1.54) is 5.56 Å². The van der Waals surface area contributed by atoms with Gasteiger partial charge in [-0.1, -0.05) is 37.2 Å². The minimum Gasteiger partial charge on any atom is -0.483 e. The van der Waals surface area contributed by atoms with Gasteiger partial charge in [0, 0.05) is 12.5 Å². The molecule has 1 heterocycles. The molecule has 0 bridgehead atoms. The Hall–Kier alpha value is -1.59. The Balaban J connectivity index is 0.00000264. The summed E-state index contributed by atoms with van der Waals surface area (Å²) in [7, 11) is 1.92. The summed E-state index contributed by atoms with van der Waals surface area (Å²) in [5, 5.41) is 7.14. The molecule has 1 aromatic heterocycles. The Morgan fingerprint density at radius 2 is 2.00 bits per heavy atom. The molecule has 23 heavy (non-hydrogen) atoms. The maximum Gasteiger partial charge on any atom is 0.264 e. The van der Waals surface area contributed by atoms with Crippen molar-refractivity contribution in [3.05, 3.63) is 41.5 Å². The summed E-state index contributed by atoms with van der Waals surface area (Å²) in [5.41, 5.74) is 1.22. The number of benzene rings is 1. The standard InChI is InChI=1S/C17H25N3O2.ClH/c1-5-12(2)14-8-6-7-9-15(14)21-11-17-19-16(20-22-17)10-13(3)18-4;/h6-9,12-13,18H,5,10-11H2,1-4H3;1H. The first-order valence-electron chi connectivity index (χ1n) is 7.84. The van der Waals surface area contributed by atoms with Gasteiger partial charge in [-0.15, -0.1) is 12.4 Å². The minimum atomic E-state index is 0. The number of hydrogen-bond donors (Lipinski definition) is 1. The number of hydrogen-bond acceptors (Lipinski definition) is 5. The summed E-state index contributed by atoms with van der Waals surface area (Å²) in [6, 6.07) is 8.43. The van der Waals surface area contributed by atoms with Crippen LogP contribution in [0.25, 0.3) is 0 Å². The summed E-state index contributed by atoms with van der Waals surface area (Å²) in [5.74, 6) is 2.57. The molecule has 128 valence electrons. The number of rotatable bonds is 8. The molecule has 2 unspecified atom stereocenters. The topological polar surface area (TPSA) is 60.2 Å². The molecule has 6 heteroatoms. The number of ether oxygens (including phenoxy) is 1.